The molecule has 0 atom stereocenters. The van der Waals surface area contributed by atoms with Gasteiger partial charge in [0, 0.05) is 30.9 Å². The molecule has 0 amide bonds. The number of ether oxygens (including phenoxy) is 1. The minimum absolute atomic E-state index is 0.0453. The second-order valence-electron chi connectivity index (χ2n) is 4.09. The van der Waals surface area contributed by atoms with Crippen molar-refractivity contribution in [3.8, 4) is 11.4 Å². The summed E-state index contributed by atoms with van der Waals surface area (Å²) in [5.74, 6) is 1.06. The third-order valence-electron chi connectivity index (χ3n) is 2.80. The van der Waals surface area contributed by atoms with Crippen LogP contribution in [-0.2, 0) is 6.42 Å². The molecule has 20 heavy (non-hydrogen) atoms. The SMILES string of the molecule is CCOc1cc(-n2ccnc2CCN)ccc1[N+](=O)[O-]. The summed E-state index contributed by atoms with van der Waals surface area (Å²) >= 11 is 0. The first-order valence-corrected chi connectivity index (χ1v) is 6.31. The molecule has 2 rings (SSSR count). The molecular weight excluding hydrogens is 260 g/mol. The highest BCUT2D eigenvalue weighted by atomic mass is 16.6. The Morgan fingerprint density at radius 1 is 1.50 bits per heavy atom. The second-order valence-corrected chi connectivity index (χ2v) is 4.09. The van der Waals surface area contributed by atoms with Crippen molar-refractivity contribution >= 4 is 5.69 Å². The molecule has 2 N–H and O–H groups in total. The van der Waals surface area contributed by atoms with Gasteiger partial charge in [-0.1, -0.05) is 0 Å². The van der Waals surface area contributed by atoms with E-state index in [4.69, 9.17) is 10.5 Å². The predicted molar refractivity (Wildman–Crippen MR) is 74.1 cm³/mol. The molecule has 0 aliphatic carbocycles. The molecule has 7 heteroatoms. The van der Waals surface area contributed by atoms with E-state index in [1.165, 1.54) is 6.07 Å². The van der Waals surface area contributed by atoms with Crippen LogP contribution in [0, 0.1) is 10.1 Å². The van der Waals surface area contributed by atoms with Crippen molar-refractivity contribution < 1.29 is 9.66 Å². The van der Waals surface area contributed by atoms with E-state index in [-0.39, 0.29) is 11.4 Å². The van der Waals surface area contributed by atoms with Gasteiger partial charge in [-0.2, -0.15) is 0 Å². The molecule has 1 aromatic carbocycles. The van der Waals surface area contributed by atoms with Crippen LogP contribution in [0.4, 0.5) is 5.69 Å². The summed E-state index contributed by atoms with van der Waals surface area (Å²) in [6.45, 7) is 2.64. The zero-order chi connectivity index (χ0) is 14.5. The normalized spacial score (nSPS) is 10.5. The van der Waals surface area contributed by atoms with E-state index in [0.29, 0.717) is 19.6 Å². The maximum Gasteiger partial charge on any atom is 0.311 e. The summed E-state index contributed by atoms with van der Waals surface area (Å²) in [5, 5.41) is 11.0. The molecule has 0 bridgehead atoms. The summed E-state index contributed by atoms with van der Waals surface area (Å²) in [4.78, 5) is 14.7. The smallest absolute Gasteiger partial charge is 0.311 e. The number of benzene rings is 1. The van der Waals surface area contributed by atoms with E-state index >= 15 is 0 Å². The molecule has 0 fully saturated rings. The lowest BCUT2D eigenvalue weighted by atomic mass is 10.2. The molecule has 1 aromatic heterocycles. The first-order chi connectivity index (χ1) is 9.67. The monoisotopic (exact) mass is 276 g/mol. The summed E-state index contributed by atoms with van der Waals surface area (Å²) in [6, 6.07) is 4.75. The zero-order valence-corrected chi connectivity index (χ0v) is 11.2. The van der Waals surface area contributed by atoms with Gasteiger partial charge < -0.3 is 15.0 Å². The lowest BCUT2D eigenvalue weighted by Crippen LogP contribution is -2.09. The highest BCUT2D eigenvalue weighted by Crippen LogP contribution is 2.29. The third kappa shape index (κ3) is 2.77. The van der Waals surface area contributed by atoms with Crippen LogP contribution < -0.4 is 10.5 Å². The molecule has 0 radical (unpaired) electrons. The van der Waals surface area contributed by atoms with Crippen molar-refractivity contribution in [2.75, 3.05) is 13.2 Å². The van der Waals surface area contributed by atoms with E-state index in [0.717, 1.165) is 11.5 Å². The van der Waals surface area contributed by atoms with Crippen LogP contribution in [0.2, 0.25) is 0 Å². The lowest BCUT2D eigenvalue weighted by molar-refractivity contribution is -0.385. The van der Waals surface area contributed by atoms with Crippen LogP contribution in [0.3, 0.4) is 0 Å². The second kappa shape index (κ2) is 6.16. The Morgan fingerprint density at radius 3 is 2.95 bits per heavy atom. The largest absolute Gasteiger partial charge is 0.487 e. The Kier molecular flexibility index (Phi) is 4.31. The average molecular weight is 276 g/mol. The van der Waals surface area contributed by atoms with Gasteiger partial charge in [0.1, 0.15) is 5.82 Å². The van der Waals surface area contributed by atoms with Gasteiger partial charge >= 0.3 is 5.69 Å². The number of nitrogens with zero attached hydrogens (tertiary/aromatic N) is 3. The van der Waals surface area contributed by atoms with Crippen LogP contribution in [0.5, 0.6) is 5.75 Å². The van der Waals surface area contributed by atoms with Crippen LogP contribution in [0.15, 0.2) is 30.6 Å². The Labute approximate surface area is 116 Å². The molecule has 0 saturated heterocycles. The van der Waals surface area contributed by atoms with E-state index in [1.807, 2.05) is 4.57 Å². The van der Waals surface area contributed by atoms with Gasteiger partial charge in [-0.3, -0.25) is 10.1 Å². The minimum Gasteiger partial charge on any atom is -0.487 e. The standard InChI is InChI=1S/C13H16N4O3/c1-2-20-12-9-10(3-4-11(12)17(18)19)16-8-7-15-13(16)5-6-14/h3-4,7-9H,2,5-6,14H2,1H3. The van der Waals surface area contributed by atoms with Gasteiger partial charge in [0.15, 0.2) is 5.75 Å². The molecule has 0 spiro atoms. The first kappa shape index (κ1) is 14.0. The predicted octanol–water partition coefficient (Wildman–Crippen LogP) is 1.68. The van der Waals surface area contributed by atoms with Gasteiger partial charge in [0.25, 0.3) is 0 Å². The Hall–Kier alpha value is -2.41. The first-order valence-electron chi connectivity index (χ1n) is 6.31. The fourth-order valence-corrected chi connectivity index (χ4v) is 1.96. The average Bonchev–Trinajstić information content (AvgIpc) is 2.87. The molecule has 0 aliphatic heterocycles. The quantitative estimate of drug-likeness (QED) is 0.639. The van der Waals surface area contributed by atoms with Crippen LogP contribution in [0.25, 0.3) is 5.69 Å². The number of rotatable bonds is 6. The number of nitrogens with two attached hydrogens (primary N) is 1. The summed E-state index contributed by atoms with van der Waals surface area (Å²) in [5.41, 5.74) is 6.26. The highest BCUT2D eigenvalue weighted by Gasteiger charge is 2.16. The highest BCUT2D eigenvalue weighted by molar-refractivity contribution is 5.53. The van der Waals surface area contributed by atoms with Crippen molar-refractivity contribution in [2.45, 2.75) is 13.3 Å². The third-order valence-corrected chi connectivity index (χ3v) is 2.80. The molecule has 106 valence electrons. The molecule has 0 unspecified atom stereocenters. The number of nitro benzene ring substituents is 1. The lowest BCUT2D eigenvalue weighted by Gasteiger charge is -2.10. The number of hydrogen-bond donors (Lipinski definition) is 1. The van der Waals surface area contributed by atoms with Crippen molar-refractivity contribution in [3.63, 3.8) is 0 Å². The van der Waals surface area contributed by atoms with E-state index in [9.17, 15) is 10.1 Å². The molecule has 2 aromatic rings. The van der Waals surface area contributed by atoms with Gasteiger partial charge in [0.05, 0.1) is 17.2 Å². The van der Waals surface area contributed by atoms with Crippen molar-refractivity contribution in [1.82, 2.24) is 9.55 Å². The maximum atomic E-state index is 11.0. The summed E-state index contributed by atoms with van der Waals surface area (Å²) in [7, 11) is 0. The Balaban J connectivity index is 2.44. The van der Waals surface area contributed by atoms with Crippen LogP contribution in [0.1, 0.15) is 12.7 Å². The van der Waals surface area contributed by atoms with E-state index in [2.05, 4.69) is 4.98 Å². The Morgan fingerprint density at radius 2 is 2.30 bits per heavy atom. The van der Waals surface area contributed by atoms with Gasteiger partial charge in [-0.25, -0.2) is 4.98 Å². The molecular formula is C13H16N4O3. The molecule has 0 saturated carbocycles. The van der Waals surface area contributed by atoms with Crippen LogP contribution >= 0.6 is 0 Å². The number of nitro groups is 1. The van der Waals surface area contributed by atoms with Gasteiger partial charge in [-0.15, -0.1) is 0 Å². The van der Waals surface area contributed by atoms with Crippen LogP contribution in [-0.4, -0.2) is 27.6 Å². The summed E-state index contributed by atoms with van der Waals surface area (Å²) < 4.78 is 7.18. The fraction of sp³-hybridized carbons (Fsp3) is 0.308. The van der Waals surface area contributed by atoms with Gasteiger partial charge in [-0.05, 0) is 19.5 Å². The number of aromatic nitrogens is 2. The van der Waals surface area contributed by atoms with E-state index < -0.39 is 4.92 Å². The fourth-order valence-electron chi connectivity index (χ4n) is 1.96. The van der Waals surface area contributed by atoms with Crippen molar-refractivity contribution in [2.24, 2.45) is 5.73 Å². The maximum absolute atomic E-state index is 11.0. The topological polar surface area (TPSA) is 96.2 Å². The van der Waals surface area contributed by atoms with E-state index in [1.54, 1.807) is 31.5 Å². The van der Waals surface area contributed by atoms with Crippen molar-refractivity contribution in [1.29, 1.82) is 0 Å². The van der Waals surface area contributed by atoms with Gasteiger partial charge in [0.2, 0.25) is 0 Å². The minimum atomic E-state index is -0.455. The molecule has 7 nitrogen and oxygen atoms in total. The number of imidazole rings is 1. The zero-order valence-electron chi connectivity index (χ0n) is 11.2. The summed E-state index contributed by atoms with van der Waals surface area (Å²) in [6.07, 6.45) is 4.10. The number of hydrogen-bond acceptors (Lipinski definition) is 5. The molecule has 1 heterocycles. The Bertz CT molecular complexity index is 609. The molecule has 0 aliphatic rings. The van der Waals surface area contributed by atoms with Crippen molar-refractivity contribution in [3.05, 3.63) is 46.5 Å².